The molecule has 180 valence electrons. The van der Waals surface area contributed by atoms with Crippen LogP contribution in [0.15, 0.2) is 24.3 Å². The zero-order valence-corrected chi connectivity index (χ0v) is 19.5. The molecule has 1 saturated heterocycles. The van der Waals surface area contributed by atoms with E-state index in [1.54, 1.807) is 4.90 Å². The number of rotatable bonds is 7. The number of halogens is 1. The summed E-state index contributed by atoms with van der Waals surface area (Å²) in [7, 11) is 1.81. The van der Waals surface area contributed by atoms with Crippen LogP contribution in [-0.2, 0) is 9.59 Å². The predicted octanol–water partition coefficient (Wildman–Crippen LogP) is 0.605. The van der Waals surface area contributed by atoms with Gasteiger partial charge in [-0.25, -0.2) is 0 Å². The number of benzene rings is 1. The van der Waals surface area contributed by atoms with E-state index < -0.39 is 0 Å². The molecule has 9 nitrogen and oxygen atoms in total. The van der Waals surface area contributed by atoms with Gasteiger partial charge < -0.3 is 30.3 Å². The highest BCUT2D eigenvalue weighted by Crippen LogP contribution is 2.26. The molecule has 31 heavy (non-hydrogen) atoms. The van der Waals surface area contributed by atoms with Crippen LogP contribution in [0.1, 0.15) is 44.7 Å². The fraction of sp³-hybridized carbons (Fsp3) is 0.619. The van der Waals surface area contributed by atoms with Crippen molar-refractivity contribution < 1.29 is 24.9 Å². The van der Waals surface area contributed by atoms with E-state index in [9.17, 15) is 9.90 Å². The van der Waals surface area contributed by atoms with Crippen LogP contribution in [0.4, 0.5) is 0 Å². The topological polar surface area (TPSA) is 162 Å². The van der Waals surface area contributed by atoms with Crippen molar-refractivity contribution in [3.05, 3.63) is 34.9 Å². The summed E-state index contributed by atoms with van der Waals surface area (Å²) in [4.78, 5) is 21.5. The van der Waals surface area contributed by atoms with E-state index in [1.165, 1.54) is 0 Å². The lowest BCUT2D eigenvalue weighted by molar-refractivity contribution is -0.132. The molecule has 1 aliphatic rings. The number of hydrogen-bond acceptors (Lipinski definition) is 8. The monoisotopic (exact) mass is 462 g/mol. The molecule has 0 aromatic heterocycles. The summed E-state index contributed by atoms with van der Waals surface area (Å²) in [6.45, 7) is 7.30. The summed E-state index contributed by atoms with van der Waals surface area (Å²) < 4.78 is 0. The first-order chi connectivity index (χ1) is 14.7. The Hall–Kier alpha value is -1.59. The maximum absolute atomic E-state index is 11.8. The molecule has 0 spiro atoms. The van der Waals surface area contributed by atoms with Gasteiger partial charge in [0, 0.05) is 31.1 Å². The molecular formula is C21H39ClN4O5. The Bertz CT molecular complexity index is 586. The second kappa shape index (κ2) is 18.0. The minimum absolute atomic E-state index is 0.00210. The minimum atomic E-state index is -0.352. The van der Waals surface area contributed by atoms with Crippen molar-refractivity contribution in [1.29, 1.82) is 0 Å². The Kier molecular flexibility index (Phi) is 18.4. The number of β-amino-alcohol motifs (C(OH)–C–C–N with tert-alkyl or cyclic N) is 1. The van der Waals surface area contributed by atoms with Crippen LogP contribution in [0.3, 0.4) is 0 Å². The fourth-order valence-electron chi connectivity index (χ4n) is 2.94. The number of carbonyl (C=O) groups excluding carboxylic acids is 2. The van der Waals surface area contributed by atoms with Crippen molar-refractivity contribution in [2.24, 2.45) is 17.1 Å². The number of likely N-dealkylation sites (N-methyl/N-ethyl adjacent to an activating group) is 1. The molecule has 10 heteroatoms. The lowest BCUT2D eigenvalue weighted by Crippen LogP contribution is -2.33. The van der Waals surface area contributed by atoms with Crippen LogP contribution in [0.2, 0.25) is 5.02 Å². The molecule has 2 unspecified atom stereocenters. The average Bonchev–Trinajstić information content (AvgIpc) is 3.20. The first-order valence-corrected chi connectivity index (χ1v) is 10.3. The van der Waals surface area contributed by atoms with Crippen LogP contribution in [-0.4, -0.2) is 72.4 Å². The Morgan fingerprint density at radius 1 is 1.29 bits per heavy atom. The number of nitrogens with two attached hydrogens (primary N) is 2. The second-order valence-electron chi connectivity index (χ2n) is 7.67. The van der Waals surface area contributed by atoms with Gasteiger partial charge in [0.05, 0.1) is 18.8 Å². The molecule has 8 N–H and O–H groups in total. The van der Waals surface area contributed by atoms with Crippen LogP contribution in [0.25, 0.3) is 0 Å². The van der Waals surface area contributed by atoms with Gasteiger partial charge in [-0.1, -0.05) is 37.6 Å². The predicted molar refractivity (Wildman–Crippen MR) is 123 cm³/mol. The molecule has 2 rings (SSSR count). The van der Waals surface area contributed by atoms with Crippen molar-refractivity contribution in [1.82, 2.24) is 10.2 Å². The van der Waals surface area contributed by atoms with Crippen LogP contribution in [0.5, 0.6) is 0 Å². The van der Waals surface area contributed by atoms with E-state index in [0.29, 0.717) is 37.4 Å². The molecule has 0 bridgehead atoms. The number of nitrogens with one attached hydrogen (secondary N) is 1. The molecule has 1 aliphatic heterocycles. The van der Waals surface area contributed by atoms with Crippen molar-refractivity contribution in [3.63, 3.8) is 0 Å². The maximum atomic E-state index is 11.8. The lowest BCUT2D eigenvalue weighted by atomic mass is 9.85. The van der Waals surface area contributed by atoms with Gasteiger partial charge in [0.25, 0.3) is 0 Å². The van der Waals surface area contributed by atoms with Crippen molar-refractivity contribution in [2.45, 2.75) is 45.3 Å². The van der Waals surface area contributed by atoms with Crippen LogP contribution in [0, 0.1) is 5.41 Å². The zero-order valence-electron chi connectivity index (χ0n) is 18.8. The molecule has 0 radical (unpaired) electrons. The third-order valence-corrected chi connectivity index (χ3v) is 4.99. The third kappa shape index (κ3) is 13.4. The van der Waals surface area contributed by atoms with Gasteiger partial charge >= 0.3 is 0 Å². The first-order valence-electron chi connectivity index (χ1n) is 9.95. The largest absolute Gasteiger partial charge is 0.396 e. The normalized spacial score (nSPS) is 16.0. The number of carbonyl (C=O) groups is 2. The standard InChI is InChI=1S/C11H21NO3.C9H12ClNO.CH2O.H4N2/c1-11(2,4-6-13)7-10(15)12-5-3-9(14)8-12;1-11-9(6-12)7-2-4-8(10)5-3-7;2*1-2/h9,13-14H,3-8H2,1-2H3;2-5,9,11-12H,6H2,1H3;1H2;1-2H2. The fourth-order valence-corrected chi connectivity index (χ4v) is 3.07. The number of likely N-dealkylation sites (tertiary alicyclic amines) is 1. The molecule has 1 aromatic rings. The van der Waals surface area contributed by atoms with E-state index in [1.807, 2.05) is 51.9 Å². The summed E-state index contributed by atoms with van der Waals surface area (Å²) in [5.41, 5.74) is 0.892. The highest BCUT2D eigenvalue weighted by atomic mass is 35.5. The van der Waals surface area contributed by atoms with Gasteiger partial charge in [-0.05, 0) is 43.0 Å². The van der Waals surface area contributed by atoms with Crippen LogP contribution >= 0.6 is 11.6 Å². The summed E-state index contributed by atoms with van der Waals surface area (Å²) >= 11 is 5.72. The molecule has 0 saturated carbocycles. The smallest absolute Gasteiger partial charge is 0.223 e. The highest BCUT2D eigenvalue weighted by Gasteiger charge is 2.29. The van der Waals surface area contributed by atoms with Gasteiger partial charge in [0.1, 0.15) is 6.79 Å². The molecule has 0 aliphatic carbocycles. The third-order valence-electron chi connectivity index (χ3n) is 4.74. The number of aliphatic hydroxyl groups is 3. The van der Waals surface area contributed by atoms with Gasteiger partial charge in [-0.3, -0.25) is 16.5 Å². The Labute approximate surface area is 190 Å². The highest BCUT2D eigenvalue weighted by molar-refractivity contribution is 6.30. The van der Waals surface area contributed by atoms with Gasteiger partial charge in [0.15, 0.2) is 0 Å². The quantitative estimate of drug-likeness (QED) is 0.253. The van der Waals surface area contributed by atoms with Crippen molar-refractivity contribution >= 4 is 24.3 Å². The molecule has 1 amide bonds. The number of aliphatic hydroxyl groups excluding tert-OH is 3. The van der Waals surface area contributed by atoms with Gasteiger partial charge in [-0.2, -0.15) is 0 Å². The summed E-state index contributed by atoms with van der Waals surface area (Å²) in [5, 5.41) is 30.8. The average molecular weight is 463 g/mol. The number of nitrogens with zero attached hydrogens (tertiary/aromatic N) is 1. The van der Waals surface area contributed by atoms with Crippen molar-refractivity contribution in [2.75, 3.05) is 33.4 Å². The summed E-state index contributed by atoms with van der Waals surface area (Å²) in [6, 6.07) is 7.44. The molecular weight excluding hydrogens is 424 g/mol. The summed E-state index contributed by atoms with van der Waals surface area (Å²) in [5.74, 6) is 8.09. The van der Waals surface area contributed by atoms with Gasteiger partial charge in [-0.15, -0.1) is 0 Å². The zero-order chi connectivity index (χ0) is 24.4. The maximum Gasteiger partial charge on any atom is 0.223 e. The van der Waals surface area contributed by atoms with Crippen molar-refractivity contribution in [3.8, 4) is 0 Å². The molecule has 1 heterocycles. The minimum Gasteiger partial charge on any atom is -0.396 e. The Morgan fingerprint density at radius 2 is 1.84 bits per heavy atom. The second-order valence-corrected chi connectivity index (χ2v) is 8.11. The van der Waals surface area contributed by atoms with E-state index in [2.05, 4.69) is 17.0 Å². The SMILES string of the molecule is C=O.CC(C)(CCO)CC(=O)N1CCC(O)C1.CNC(CO)c1ccc(Cl)cc1.NN. The summed E-state index contributed by atoms with van der Waals surface area (Å²) in [6.07, 6.45) is 1.41. The number of hydrogen-bond donors (Lipinski definition) is 6. The van der Waals surface area contributed by atoms with Crippen LogP contribution < -0.4 is 17.0 Å². The lowest BCUT2D eigenvalue weighted by Gasteiger charge is -2.26. The number of hydrazine groups is 1. The van der Waals surface area contributed by atoms with E-state index in [4.69, 9.17) is 26.6 Å². The molecule has 2 atom stereocenters. The van der Waals surface area contributed by atoms with E-state index in [-0.39, 0.29) is 36.7 Å². The Morgan fingerprint density at radius 3 is 2.23 bits per heavy atom. The molecule has 1 aromatic carbocycles. The van der Waals surface area contributed by atoms with Gasteiger partial charge in [0.2, 0.25) is 5.91 Å². The number of amides is 1. The van der Waals surface area contributed by atoms with E-state index >= 15 is 0 Å². The van der Waals surface area contributed by atoms with E-state index in [0.717, 1.165) is 5.56 Å². The Balaban J connectivity index is 0. The molecule has 1 fully saturated rings. The first kappa shape index (κ1) is 31.6.